The van der Waals surface area contributed by atoms with Crippen LogP contribution in [0.25, 0.3) is 0 Å². The smallest absolute Gasteiger partial charge is 0.0475 e. The molecule has 0 saturated carbocycles. The first kappa shape index (κ1) is 14.9. The molecule has 0 bridgehead atoms. The Morgan fingerprint density at radius 1 is 1.29 bits per heavy atom. The predicted molar refractivity (Wildman–Crippen MR) is 91.4 cm³/mol. The highest BCUT2D eigenvalue weighted by molar-refractivity contribution is 9.10. The Morgan fingerprint density at radius 2 is 1.95 bits per heavy atom. The van der Waals surface area contributed by atoms with Crippen LogP contribution in [0, 0.1) is 12.3 Å². The normalized spacial score (nSPS) is 20.3. The molecule has 1 atom stereocenters. The summed E-state index contributed by atoms with van der Waals surface area (Å²) in [4.78, 5) is 0. The van der Waals surface area contributed by atoms with Crippen LogP contribution in [0.4, 0.5) is 0 Å². The van der Waals surface area contributed by atoms with E-state index in [0.29, 0.717) is 0 Å². The Morgan fingerprint density at radius 3 is 2.62 bits per heavy atom. The molecule has 0 aliphatic heterocycles. The lowest BCUT2D eigenvalue weighted by Gasteiger charge is -2.34. The summed E-state index contributed by atoms with van der Waals surface area (Å²) in [5, 5.41) is 0. The summed E-state index contributed by atoms with van der Waals surface area (Å²) in [6.07, 6.45) is 2.18. The van der Waals surface area contributed by atoms with Gasteiger partial charge in [0.2, 0.25) is 0 Å². The molecule has 3 heteroatoms. The minimum Gasteiger partial charge on any atom is -0.344 e. The van der Waals surface area contributed by atoms with Gasteiger partial charge in [-0.3, -0.25) is 0 Å². The van der Waals surface area contributed by atoms with Crippen molar-refractivity contribution >= 4 is 15.9 Å². The molecule has 112 valence electrons. The number of nitrogens with zero attached hydrogens (tertiary/aromatic N) is 1. The summed E-state index contributed by atoms with van der Waals surface area (Å²) in [7, 11) is 0. The van der Waals surface area contributed by atoms with Crippen molar-refractivity contribution in [2.45, 2.75) is 46.2 Å². The zero-order valence-electron chi connectivity index (χ0n) is 13.0. The maximum Gasteiger partial charge on any atom is 0.0475 e. The highest BCUT2D eigenvalue weighted by Crippen LogP contribution is 2.41. The van der Waals surface area contributed by atoms with Gasteiger partial charge in [-0.05, 0) is 54.5 Å². The number of nitrogens with two attached hydrogens (primary N) is 1. The molecule has 0 spiro atoms. The average molecular weight is 347 g/mol. The highest BCUT2D eigenvalue weighted by Gasteiger charge is 2.33. The van der Waals surface area contributed by atoms with Gasteiger partial charge in [-0.25, -0.2) is 0 Å². The first-order valence-electron chi connectivity index (χ1n) is 7.55. The summed E-state index contributed by atoms with van der Waals surface area (Å²) in [6, 6.07) is 11.0. The number of halogens is 1. The van der Waals surface area contributed by atoms with E-state index < -0.39 is 0 Å². The second-order valence-corrected chi connectivity index (χ2v) is 7.97. The fourth-order valence-electron chi connectivity index (χ4n) is 3.50. The van der Waals surface area contributed by atoms with Crippen LogP contribution in [0.15, 0.2) is 34.8 Å². The average Bonchev–Trinajstić information content (AvgIpc) is 2.69. The van der Waals surface area contributed by atoms with Gasteiger partial charge in [0, 0.05) is 28.4 Å². The largest absolute Gasteiger partial charge is 0.344 e. The molecule has 2 nitrogen and oxygen atoms in total. The second kappa shape index (κ2) is 5.29. The number of aromatic nitrogens is 1. The van der Waals surface area contributed by atoms with Gasteiger partial charge in [0.25, 0.3) is 0 Å². The molecule has 0 fully saturated rings. The van der Waals surface area contributed by atoms with E-state index in [-0.39, 0.29) is 11.5 Å². The number of rotatable bonds is 2. The van der Waals surface area contributed by atoms with Crippen LogP contribution in [0.5, 0.6) is 0 Å². The fraction of sp³-hybridized carbons (Fsp3) is 0.444. The molecule has 21 heavy (non-hydrogen) atoms. The van der Waals surface area contributed by atoms with Gasteiger partial charge in [0.1, 0.15) is 0 Å². The molecule has 0 saturated heterocycles. The molecule has 0 radical (unpaired) electrons. The standard InChI is InChI=1S/C18H23BrN2/c1-12-8-15-16(20)9-18(2,3)10-17(15)21(12)11-13-4-6-14(19)7-5-13/h4-8,16H,9-11,20H2,1-3H3. The lowest BCUT2D eigenvalue weighted by atomic mass is 9.74. The zero-order valence-corrected chi connectivity index (χ0v) is 14.6. The van der Waals surface area contributed by atoms with E-state index in [9.17, 15) is 0 Å². The van der Waals surface area contributed by atoms with Gasteiger partial charge in [-0.1, -0.05) is 41.9 Å². The molecule has 3 rings (SSSR count). The Labute approximate surface area is 135 Å². The summed E-state index contributed by atoms with van der Waals surface area (Å²) >= 11 is 3.50. The van der Waals surface area contributed by atoms with Gasteiger partial charge in [-0.2, -0.15) is 0 Å². The van der Waals surface area contributed by atoms with Crippen LogP contribution in [-0.2, 0) is 13.0 Å². The van der Waals surface area contributed by atoms with Crippen molar-refractivity contribution in [2.24, 2.45) is 11.1 Å². The molecule has 1 unspecified atom stereocenters. The van der Waals surface area contributed by atoms with Crippen LogP contribution in [-0.4, -0.2) is 4.57 Å². The summed E-state index contributed by atoms with van der Waals surface area (Å²) in [5.74, 6) is 0. The van der Waals surface area contributed by atoms with Crippen molar-refractivity contribution in [3.8, 4) is 0 Å². The number of hydrogen-bond donors (Lipinski definition) is 1. The summed E-state index contributed by atoms with van der Waals surface area (Å²) in [5.41, 5.74) is 12.1. The van der Waals surface area contributed by atoms with E-state index in [4.69, 9.17) is 5.73 Å². The topological polar surface area (TPSA) is 30.9 Å². The lowest BCUT2D eigenvalue weighted by molar-refractivity contribution is 0.276. The Bertz CT molecular complexity index is 653. The van der Waals surface area contributed by atoms with Gasteiger partial charge >= 0.3 is 0 Å². The molecule has 1 aliphatic rings. The molecular weight excluding hydrogens is 324 g/mol. The van der Waals surface area contributed by atoms with E-state index in [1.54, 1.807) is 0 Å². The van der Waals surface area contributed by atoms with Crippen LogP contribution in [0.2, 0.25) is 0 Å². The number of fused-ring (bicyclic) bond motifs is 1. The van der Waals surface area contributed by atoms with Crippen LogP contribution in [0.3, 0.4) is 0 Å². The van der Waals surface area contributed by atoms with E-state index >= 15 is 0 Å². The van der Waals surface area contributed by atoms with Crippen molar-refractivity contribution in [1.82, 2.24) is 4.57 Å². The van der Waals surface area contributed by atoms with Crippen LogP contribution >= 0.6 is 15.9 Å². The van der Waals surface area contributed by atoms with Crippen molar-refractivity contribution in [3.63, 3.8) is 0 Å². The first-order valence-corrected chi connectivity index (χ1v) is 8.34. The zero-order chi connectivity index (χ0) is 15.2. The van der Waals surface area contributed by atoms with Gasteiger partial charge < -0.3 is 10.3 Å². The highest BCUT2D eigenvalue weighted by atomic mass is 79.9. The molecule has 0 amide bonds. The summed E-state index contributed by atoms with van der Waals surface area (Å²) in [6.45, 7) is 7.76. The SMILES string of the molecule is Cc1cc2c(n1Cc1ccc(Br)cc1)CC(C)(C)CC2N. The minimum atomic E-state index is 0.175. The van der Waals surface area contributed by atoms with E-state index in [2.05, 4.69) is 71.6 Å². The maximum absolute atomic E-state index is 6.40. The first-order chi connectivity index (χ1) is 9.85. The lowest BCUT2D eigenvalue weighted by Crippen LogP contribution is -2.30. The van der Waals surface area contributed by atoms with Crippen LogP contribution in [0.1, 0.15) is 48.8 Å². The number of aryl methyl sites for hydroxylation is 1. The molecule has 2 N–H and O–H groups in total. The molecule has 1 aromatic heterocycles. The van der Waals surface area contributed by atoms with Crippen molar-refractivity contribution in [2.75, 3.05) is 0 Å². The fourth-order valence-corrected chi connectivity index (χ4v) is 3.76. The maximum atomic E-state index is 6.40. The molecular formula is C18H23BrN2. The van der Waals surface area contributed by atoms with Gasteiger partial charge in [0.15, 0.2) is 0 Å². The van der Waals surface area contributed by atoms with Gasteiger partial charge in [0.05, 0.1) is 0 Å². The predicted octanol–water partition coefficient (Wildman–Crippen LogP) is 4.58. The van der Waals surface area contributed by atoms with Gasteiger partial charge in [-0.15, -0.1) is 0 Å². The van der Waals surface area contributed by atoms with Crippen molar-refractivity contribution in [3.05, 3.63) is 57.3 Å². The Balaban J connectivity index is 1.98. The van der Waals surface area contributed by atoms with Crippen molar-refractivity contribution < 1.29 is 0 Å². The third-order valence-electron chi connectivity index (χ3n) is 4.52. The number of hydrogen-bond acceptors (Lipinski definition) is 1. The van der Waals surface area contributed by atoms with E-state index in [1.165, 1.54) is 22.5 Å². The molecule has 1 aromatic carbocycles. The monoisotopic (exact) mass is 346 g/mol. The summed E-state index contributed by atoms with van der Waals surface area (Å²) < 4.78 is 3.57. The minimum absolute atomic E-state index is 0.175. The van der Waals surface area contributed by atoms with E-state index in [0.717, 1.165) is 23.9 Å². The molecule has 1 heterocycles. The van der Waals surface area contributed by atoms with E-state index in [1.807, 2.05) is 0 Å². The quantitative estimate of drug-likeness (QED) is 0.847. The second-order valence-electron chi connectivity index (χ2n) is 7.05. The van der Waals surface area contributed by atoms with Crippen LogP contribution < -0.4 is 5.73 Å². The molecule has 1 aliphatic carbocycles. The third kappa shape index (κ3) is 2.95. The third-order valence-corrected chi connectivity index (χ3v) is 5.05. The molecule has 2 aromatic rings. The Hall–Kier alpha value is -1.06. The number of benzene rings is 1. The van der Waals surface area contributed by atoms with Crippen molar-refractivity contribution in [1.29, 1.82) is 0 Å². The Kier molecular flexibility index (Phi) is 3.74.